The molecule has 0 saturated heterocycles. The molecule has 3 N–H and O–H groups in total. The molecule has 1 aromatic carbocycles. The fraction of sp³-hybridized carbons (Fsp3) is 0.250. The molecule has 18 heavy (non-hydrogen) atoms. The van der Waals surface area contributed by atoms with Gasteiger partial charge in [0.1, 0.15) is 0 Å². The minimum atomic E-state index is 0.572. The van der Waals surface area contributed by atoms with Gasteiger partial charge in [-0.15, -0.1) is 0 Å². The second kappa shape index (κ2) is 5.18. The molecule has 0 aliphatic rings. The van der Waals surface area contributed by atoms with Crippen LogP contribution in [-0.2, 0) is 13.6 Å². The molecule has 2 aromatic rings. The summed E-state index contributed by atoms with van der Waals surface area (Å²) in [6, 6.07) is 7.22. The average molecular weight is 267 g/mol. The summed E-state index contributed by atoms with van der Waals surface area (Å²) in [6.07, 6.45) is 0. The highest BCUT2D eigenvalue weighted by Gasteiger charge is 2.05. The Labute approximate surface area is 110 Å². The highest BCUT2D eigenvalue weighted by atomic mass is 35.5. The molecule has 0 amide bonds. The van der Waals surface area contributed by atoms with Crippen molar-refractivity contribution < 1.29 is 4.74 Å². The number of nitrogen functional groups attached to an aromatic ring is 1. The van der Waals surface area contributed by atoms with Crippen molar-refractivity contribution in [2.24, 2.45) is 7.05 Å². The number of nitrogens with one attached hydrogen (secondary N) is 1. The van der Waals surface area contributed by atoms with E-state index in [1.165, 1.54) is 0 Å². The van der Waals surface area contributed by atoms with Gasteiger partial charge in [-0.3, -0.25) is 0 Å². The smallest absolute Gasteiger partial charge is 0.211 e. The lowest BCUT2D eigenvalue weighted by atomic mass is 10.2. The van der Waals surface area contributed by atoms with Crippen molar-refractivity contribution in [1.82, 2.24) is 9.78 Å². The summed E-state index contributed by atoms with van der Waals surface area (Å²) in [5, 5.41) is 8.13. The van der Waals surface area contributed by atoms with E-state index in [1.807, 2.05) is 19.2 Å². The predicted molar refractivity (Wildman–Crippen MR) is 73.0 cm³/mol. The molecule has 2 rings (SSSR count). The maximum absolute atomic E-state index is 5.85. The molecule has 0 spiro atoms. The Balaban J connectivity index is 2.06. The Morgan fingerprint density at radius 1 is 1.44 bits per heavy atom. The van der Waals surface area contributed by atoms with E-state index < -0.39 is 0 Å². The molecule has 0 radical (unpaired) electrons. The van der Waals surface area contributed by atoms with Crippen molar-refractivity contribution in [3.63, 3.8) is 0 Å². The topological polar surface area (TPSA) is 65.1 Å². The van der Waals surface area contributed by atoms with Crippen molar-refractivity contribution in [2.75, 3.05) is 18.2 Å². The van der Waals surface area contributed by atoms with E-state index in [0.717, 1.165) is 17.3 Å². The van der Waals surface area contributed by atoms with Crippen LogP contribution in [0.4, 0.5) is 11.4 Å². The zero-order valence-electron chi connectivity index (χ0n) is 10.3. The maximum Gasteiger partial charge on any atom is 0.211 e. The van der Waals surface area contributed by atoms with Gasteiger partial charge in [-0.2, -0.15) is 5.10 Å². The number of nitrogens with two attached hydrogens (primary N) is 1. The molecule has 0 bridgehead atoms. The Hall–Kier alpha value is -1.88. The standard InChI is InChI=1S/C12H15ClN4O/c1-17-12(18-2)6-9(16-17)7-15-11-4-3-8(13)5-10(11)14/h3-6,15H,7,14H2,1-2H3. The number of halogens is 1. The largest absolute Gasteiger partial charge is 0.481 e. The lowest BCUT2D eigenvalue weighted by molar-refractivity contribution is 0.373. The number of aromatic nitrogens is 2. The molecule has 1 heterocycles. The lowest BCUT2D eigenvalue weighted by Crippen LogP contribution is -2.03. The van der Waals surface area contributed by atoms with Gasteiger partial charge in [-0.25, -0.2) is 4.68 Å². The minimum Gasteiger partial charge on any atom is -0.481 e. The first kappa shape index (κ1) is 12.6. The number of methoxy groups -OCH3 is 1. The van der Waals surface area contributed by atoms with E-state index >= 15 is 0 Å². The van der Waals surface area contributed by atoms with Crippen LogP contribution >= 0.6 is 11.6 Å². The molecule has 0 saturated carbocycles. The van der Waals surface area contributed by atoms with Crippen molar-refractivity contribution >= 4 is 23.0 Å². The van der Waals surface area contributed by atoms with Crippen LogP contribution < -0.4 is 15.8 Å². The fourth-order valence-electron chi connectivity index (χ4n) is 1.66. The first-order chi connectivity index (χ1) is 8.60. The summed E-state index contributed by atoms with van der Waals surface area (Å²) in [4.78, 5) is 0. The summed E-state index contributed by atoms with van der Waals surface area (Å²) in [5.74, 6) is 0.718. The van der Waals surface area contributed by atoms with Crippen LogP contribution in [0.15, 0.2) is 24.3 Å². The number of anilines is 2. The number of hydrogen-bond donors (Lipinski definition) is 2. The molecule has 5 nitrogen and oxygen atoms in total. The van der Waals surface area contributed by atoms with Gasteiger partial charge in [-0.05, 0) is 18.2 Å². The van der Waals surface area contributed by atoms with Crippen molar-refractivity contribution in [1.29, 1.82) is 0 Å². The third-order valence-corrected chi connectivity index (χ3v) is 2.81. The molecular weight excluding hydrogens is 252 g/mol. The Kier molecular flexibility index (Phi) is 3.62. The summed E-state index contributed by atoms with van der Waals surface area (Å²) in [5.41, 5.74) is 8.18. The van der Waals surface area contributed by atoms with E-state index in [0.29, 0.717) is 17.3 Å². The van der Waals surface area contributed by atoms with Gasteiger partial charge in [-0.1, -0.05) is 11.6 Å². The number of aryl methyl sites for hydroxylation is 1. The minimum absolute atomic E-state index is 0.572. The van der Waals surface area contributed by atoms with E-state index in [4.69, 9.17) is 22.1 Å². The fourth-order valence-corrected chi connectivity index (χ4v) is 1.85. The average Bonchev–Trinajstić information content (AvgIpc) is 2.69. The quantitative estimate of drug-likeness (QED) is 0.834. The predicted octanol–water partition coefficient (Wildman–Crippen LogP) is 2.28. The molecule has 0 unspecified atom stereocenters. The van der Waals surface area contributed by atoms with Gasteiger partial charge in [0.2, 0.25) is 5.88 Å². The second-order valence-corrected chi connectivity index (χ2v) is 4.32. The molecular formula is C12H15ClN4O. The molecule has 1 aromatic heterocycles. The molecule has 0 atom stereocenters. The number of hydrogen-bond acceptors (Lipinski definition) is 4. The van der Waals surface area contributed by atoms with Gasteiger partial charge in [0.25, 0.3) is 0 Å². The van der Waals surface area contributed by atoms with Gasteiger partial charge >= 0.3 is 0 Å². The number of rotatable bonds is 4. The monoisotopic (exact) mass is 266 g/mol. The van der Waals surface area contributed by atoms with Crippen LogP contribution in [0.1, 0.15) is 5.69 Å². The van der Waals surface area contributed by atoms with Crippen molar-refractivity contribution in [2.45, 2.75) is 6.54 Å². The number of benzene rings is 1. The third-order valence-electron chi connectivity index (χ3n) is 2.57. The SMILES string of the molecule is COc1cc(CNc2ccc(Cl)cc2N)nn1C. The molecule has 6 heteroatoms. The Morgan fingerprint density at radius 2 is 2.22 bits per heavy atom. The van der Waals surface area contributed by atoms with E-state index in [2.05, 4.69) is 10.4 Å². The molecule has 96 valence electrons. The van der Waals surface area contributed by atoms with E-state index in [9.17, 15) is 0 Å². The summed E-state index contributed by atoms with van der Waals surface area (Å²) in [7, 11) is 3.45. The molecule has 0 fully saturated rings. The van der Waals surface area contributed by atoms with Gasteiger partial charge in [0.15, 0.2) is 0 Å². The van der Waals surface area contributed by atoms with Crippen LogP contribution in [0, 0.1) is 0 Å². The highest BCUT2D eigenvalue weighted by molar-refractivity contribution is 6.31. The second-order valence-electron chi connectivity index (χ2n) is 3.89. The Bertz CT molecular complexity index is 553. The summed E-state index contributed by atoms with van der Waals surface area (Å²) < 4.78 is 6.83. The number of nitrogens with zero attached hydrogens (tertiary/aromatic N) is 2. The Morgan fingerprint density at radius 3 is 2.83 bits per heavy atom. The van der Waals surface area contributed by atoms with E-state index in [1.54, 1.807) is 23.9 Å². The molecule has 0 aliphatic heterocycles. The first-order valence-corrected chi connectivity index (χ1v) is 5.83. The summed E-state index contributed by atoms with van der Waals surface area (Å²) >= 11 is 5.84. The van der Waals surface area contributed by atoms with Gasteiger partial charge < -0.3 is 15.8 Å². The summed E-state index contributed by atoms with van der Waals surface area (Å²) in [6.45, 7) is 0.572. The maximum atomic E-state index is 5.85. The zero-order valence-corrected chi connectivity index (χ0v) is 11.0. The van der Waals surface area contributed by atoms with Crippen molar-refractivity contribution in [3.8, 4) is 5.88 Å². The lowest BCUT2D eigenvalue weighted by Gasteiger charge is -2.07. The first-order valence-electron chi connectivity index (χ1n) is 5.46. The normalized spacial score (nSPS) is 10.4. The zero-order chi connectivity index (χ0) is 13.1. The van der Waals surface area contributed by atoms with Gasteiger partial charge in [0.05, 0.1) is 30.7 Å². The van der Waals surface area contributed by atoms with Gasteiger partial charge in [0, 0.05) is 18.1 Å². The highest BCUT2D eigenvalue weighted by Crippen LogP contribution is 2.23. The van der Waals surface area contributed by atoms with Crippen LogP contribution in [0.5, 0.6) is 5.88 Å². The van der Waals surface area contributed by atoms with E-state index in [-0.39, 0.29) is 0 Å². The van der Waals surface area contributed by atoms with Crippen LogP contribution in [0.25, 0.3) is 0 Å². The van der Waals surface area contributed by atoms with Crippen LogP contribution in [-0.4, -0.2) is 16.9 Å². The number of ether oxygens (including phenoxy) is 1. The van der Waals surface area contributed by atoms with Crippen LogP contribution in [0.3, 0.4) is 0 Å². The molecule has 0 aliphatic carbocycles. The van der Waals surface area contributed by atoms with Crippen molar-refractivity contribution in [3.05, 3.63) is 35.0 Å². The third kappa shape index (κ3) is 2.68. The van der Waals surface area contributed by atoms with Crippen LogP contribution in [0.2, 0.25) is 5.02 Å².